The Labute approximate surface area is 210 Å². The van der Waals surface area contributed by atoms with Crippen molar-refractivity contribution >= 4 is 40.7 Å². The lowest BCUT2D eigenvalue weighted by atomic mass is 10.1. The molecule has 1 saturated heterocycles. The second-order valence-corrected chi connectivity index (χ2v) is 8.98. The topological polar surface area (TPSA) is 61.4 Å². The third-order valence-electron chi connectivity index (χ3n) is 5.87. The zero-order valence-electron chi connectivity index (χ0n) is 19.0. The minimum atomic E-state index is -4.45. The number of alkyl halides is 3. The highest BCUT2D eigenvalue weighted by atomic mass is 35.5. The largest absolute Gasteiger partial charge is 0.416 e. The van der Waals surface area contributed by atoms with Crippen molar-refractivity contribution in [2.45, 2.75) is 20.0 Å². The molecule has 1 fully saturated rings. The number of hydrogen-bond donors (Lipinski definition) is 1. The van der Waals surface area contributed by atoms with Crippen LogP contribution in [0.4, 0.5) is 29.5 Å². The molecule has 0 saturated carbocycles. The molecule has 1 aliphatic rings. The van der Waals surface area contributed by atoms with Crippen molar-refractivity contribution < 1.29 is 18.0 Å². The number of carbonyl (C=O) groups is 1. The molecule has 0 bridgehead atoms. The Morgan fingerprint density at radius 1 is 0.971 bits per heavy atom. The maximum Gasteiger partial charge on any atom is 0.416 e. The number of benzene rings is 2. The minimum Gasteiger partial charge on any atom is -0.353 e. The van der Waals surface area contributed by atoms with E-state index in [9.17, 15) is 18.0 Å². The predicted molar refractivity (Wildman–Crippen MR) is 131 cm³/mol. The second kappa shape index (κ2) is 9.91. The van der Waals surface area contributed by atoms with Crippen molar-refractivity contribution in [2.75, 3.05) is 36.4 Å². The van der Waals surface area contributed by atoms with Gasteiger partial charge in [-0.25, -0.2) is 14.8 Å². The van der Waals surface area contributed by atoms with Gasteiger partial charge in [0.15, 0.2) is 5.82 Å². The number of halogens is 5. The molecular weight excluding hydrogens is 502 g/mol. The molecule has 1 N–H and O–H groups in total. The van der Waals surface area contributed by atoms with Gasteiger partial charge in [0, 0.05) is 43.0 Å². The zero-order chi connectivity index (χ0) is 25.3. The average Bonchev–Trinajstić information content (AvgIpc) is 2.83. The fraction of sp³-hybridized carbons (Fsp3) is 0.292. The molecule has 2 heterocycles. The summed E-state index contributed by atoms with van der Waals surface area (Å²) in [5, 5.41) is 3.45. The lowest BCUT2D eigenvalue weighted by molar-refractivity contribution is -0.137. The zero-order valence-corrected chi connectivity index (χ0v) is 20.5. The van der Waals surface area contributed by atoms with Crippen LogP contribution in [-0.2, 0) is 6.18 Å². The molecule has 0 atom stereocenters. The maximum absolute atomic E-state index is 13.2. The Kier molecular flexibility index (Phi) is 7.10. The number of amides is 2. The molecule has 11 heteroatoms. The number of carbonyl (C=O) groups excluding carboxylic acids is 1. The van der Waals surface area contributed by atoms with Crippen LogP contribution in [-0.4, -0.2) is 47.1 Å². The molecule has 2 amide bonds. The second-order valence-electron chi connectivity index (χ2n) is 8.16. The van der Waals surface area contributed by atoms with Gasteiger partial charge in [0.25, 0.3) is 0 Å². The highest BCUT2D eigenvalue weighted by Crippen LogP contribution is 2.33. The van der Waals surface area contributed by atoms with Gasteiger partial charge in [0.2, 0.25) is 0 Å². The number of hydrogen-bond acceptors (Lipinski definition) is 4. The summed E-state index contributed by atoms with van der Waals surface area (Å²) in [6.07, 6.45) is -4.45. The summed E-state index contributed by atoms with van der Waals surface area (Å²) in [7, 11) is 0. The lowest BCUT2D eigenvalue weighted by Gasteiger charge is -2.36. The normalized spacial score (nSPS) is 14.3. The van der Waals surface area contributed by atoms with E-state index in [1.54, 1.807) is 36.1 Å². The number of nitrogens with zero attached hydrogens (tertiary/aromatic N) is 4. The van der Waals surface area contributed by atoms with Crippen LogP contribution in [0.5, 0.6) is 0 Å². The summed E-state index contributed by atoms with van der Waals surface area (Å²) in [4.78, 5) is 25.4. The van der Waals surface area contributed by atoms with Gasteiger partial charge in [-0.1, -0.05) is 41.4 Å². The summed E-state index contributed by atoms with van der Waals surface area (Å²) in [6, 6.07) is 9.64. The number of aromatic nitrogens is 2. The molecule has 2 aromatic carbocycles. The van der Waals surface area contributed by atoms with Crippen LogP contribution in [0.1, 0.15) is 16.8 Å². The quantitative estimate of drug-likeness (QED) is 0.429. The number of aryl methyl sites for hydroxylation is 1. The molecule has 6 nitrogen and oxygen atoms in total. The first-order valence-electron chi connectivity index (χ1n) is 10.8. The van der Waals surface area contributed by atoms with E-state index in [4.69, 9.17) is 23.2 Å². The van der Waals surface area contributed by atoms with Crippen molar-refractivity contribution in [1.29, 1.82) is 0 Å². The van der Waals surface area contributed by atoms with Crippen LogP contribution in [0, 0.1) is 13.8 Å². The van der Waals surface area contributed by atoms with Gasteiger partial charge >= 0.3 is 12.2 Å². The van der Waals surface area contributed by atoms with E-state index in [1.165, 1.54) is 6.07 Å². The monoisotopic (exact) mass is 523 g/mol. The minimum absolute atomic E-state index is 0.225. The molecule has 0 spiro atoms. The Bertz CT molecular complexity index is 1240. The van der Waals surface area contributed by atoms with Gasteiger partial charge < -0.3 is 15.1 Å². The van der Waals surface area contributed by atoms with Gasteiger partial charge in [-0.05, 0) is 38.1 Å². The lowest BCUT2D eigenvalue weighted by Crippen LogP contribution is -2.50. The van der Waals surface area contributed by atoms with E-state index < -0.39 is 11.7 Å². The van der Waals surface area contributed by atoms with Crippen LogP contribution in [0.3, 0.4) is 0 Å². The Morgan fingerprint density at radius 3 is 2.23 bits per heavy atom. The average molecular weight is 524 g/mol. The summed E-state index contributed by atoms with van der Waals surface area (Å²) in [6.45, 7) is 5.48. The van der Waals surface area contributed by atoms with Crippen LogP contribution < -0.4 is 10.2 Å². The first-order valence-corrected chi connectivity index (χ1v) is 11.6. The number of para-hydroxylation sites is 1. The third-order valence-corrected chi connectivity index (χ3v) is 6.50. The smallest absolute Gasteiger partial charge is 0.353 e. The fourth-order valence-corrected chi connectivity index (χ4v) is 4.30. The van der Waals surface area contributed by atoms with Gasteiger partial charge in [0.1, 0.15) is 5.82 Å². The third kappa shape index (κ3) is 5.46. The first kappa shape index (κ1) is 25.1. The van der Waals surface area contributed by atoms with Crippen LogP contribution in [0.2, 0.25) is 10.0 Å². The van der Waals surface area contributed by atoms with E-state index in [2.05, 4.69) is 15.3 Å². The molecule has 0 radical (unpaired) electrons. The molecule has 0 aliphatic carbocycles. The molecular formula is C24H22Cl2F3N5O. The molecule has 4 rings (SSSR count). The Morgan fingerprint density at radius 2 is 1.60 bits per heavy atom. The number of anilines is 2. The van der Waals surface area contributed by atoms with Crippen molar-refractivity contribution in [2.24, 2.45) is 0 Å². The molecule has 0 unspecified atom stereocenters. The molecule has 1 aromatic heterocycles. The Balaban J connectivity index is 1.51. The van der Waals surface area contributed by atoms with Crippen LogP contribution in [0.25, 0.3) is 11.4 Å². The van der Waals surface area contributed by atoms with Crippen molar-refractivity contribution in [3.8, 4) is 11.4 Å². The van der Waals surface area contributed by atoms with Crippen molar-refractivity contribution in [3.63, 3.8) is 0 Å². The maximum atomic E-state index is 13.2. The highest BCUT2D eigenvalue weighted by Gasteiger charge is 2.31. The first-order chi connectivity index (χ1) is 16.5. The standard InChI is InChI=1S/C24H22Cl2F3N5O/c1-14-15(2)30-21(16-5-3-6-17(13-16)24(27,28)29)32-22(14)33-9-11-34(12-10-33)23(35)31-20-18(25)7-4-8-19(20)26/h3-8,13H,9-12H2,1-2H3,(H,31,35). The van der Waals surface area contributed by atoms with Crippen LogP contribution in [0.15, 0.2) is 42.5 Å². The number of piperazine rings is 1. The summed E-state index contributed by atoms with van der Waals surface area (Å²) < 4.78 is 39.5. The van der Waals surface area contributed by atoms with E-state index in [0.717, 1.165) is 17.7 Å². The van der Waals surface area contributed by atoms with E-state index >= 15 is 0 Å². The van der Waals surface area contributed by atoms with Gasteiger partial charge in [0.05, 0.1) is 21.3 Å². The fourth-order valence-electron chi connectivity index (χ4n) is 3.81. The van der Waals surface area contributed by atoms with E-state index in [1.807, 2.05) is 11.8 Å². The highest BCUT2D eigenvalue weighted by molar-refractivity contribution is 6.39. The number of urea groups is 1. The van der Waals surface area contributed by atoms with Crippen LogP contribution >= 0.6 is 23.2 Å². The van der Waals surface area contributed by atoms with E-state index in [0.29, 0.717) is 59.0 Å². The number of nitrogens with one attached hydrogen (secondary N) is 1. The summed E-state index contributed by atoms with van der Waals surface area (Å²) in [5.41, 5.74) is 1.41. The van der Waals surface area contributed by atoms with Gasteiger partial charge in [-0.2, -0.15) is 13.2 Å². The SMILES string of the molecule is Cc1nc(-c2cccc(C(F)(F)F)c2)nc(N2CCN(C(=O)Nc3c(Cl)cccc3Cl)CC2)c1C. The molecule has 35 heavy (non-hydrogen) atoms. The summed E-state index contributed by atoms with van der Waals surface area (Å²) >= 11 is 12.3. The molecule has 3 aromatic rings. The van der Waals surface area contributed by atoms with Gasteiger partial charge in [-0.15, -0.1) is 0 Å². The Hall–Kier alpha value is -3.04. The van der Waals surface area contributed by atoms with Crippen molar-refractivity contribution in [1.82, 2.24) is 14.9 Å². The predicted octanol–water partition coefficient (Wildman–Crippen LogP) is 6.44. The molecule has 1 aliphatic heterocycles. The van der Waals surface area contributed by atoms with E-state index in [-0.39, 0.29) is 11.9 Å². The summed E-state index contributed by atoms with van der Waals surface area (Å²) in [5.74, 6) is 0.863. The van der Waals surface area contributed by atoms with Crippen molar-refractivity contribution in [3.05, 3.63) is 69.3 Å². The van der Waals surface area contributed by atoms with Gasteiger partial charge in [-0.3, -0.25) is 0 Å². The number of rotatable bonds is 3. The molecule has 184 valence electrons.